The number of carbonyl (C=O) groups excluding carboxylic acids is 2. The number of sulfone groups is 1. The molecule has 0 atom stereocenters. The Labute approximate surface area is 155 Å². The molecule has 1 aromatic carbocycles. The zero-order chi connectivity index (χ0) is 19.4. The summed E-state index contributed by atoms with van der Waals surface area (Å²) in [7, 11) is -3.58. The van der Waals surface area contributed by atoms with E-state index < -0.39 is 20.5 Å². The molecule has 0 saturated carbocycles. The Bertz CT molecular complexity index is 766. The second-order valence-corrected chi connectivity index (χ2v) is 8.85. The van der Waals surface area contributed by atoms with Crippen molar-refractivity contribution in [2.45, 2.75) is 31.4 Å². The minimum atomic E-state index is -3.58. The third kappa shape index (κ3) is 4.07. The van der Waals surface area contributed by atoms with Crippen LogP contribution in [0, 0.1) is 0 Å². The predicted octanol–water partition coefficient (Wildman–Crippen LogP) is 1.27. The van der Waals surface area contributed by atoms with Crippen LogP contribution in [0.3, 0.4) is 0 Å². The highest BCUT2D eigenvalue weighted by atomic mass is 32.2. The van der Waals surface area contributed by atoms with Gasteiger partial charge in [0, 0.05) is 30.6 Å². The van der Waals surface area contributed by atoms with Gasteiger partial charge in [0.2, 0.25) is 5.91 Å². The van der Waals surface area contributed by atoms with E-state index in [2.05, 4.69) is 10.6 Å². The van der Waals surface area contributed by atoms with Crippen molar-refractivity contribution in [2.24, 2.45) is 0 Å². The lowest BCUT2D eigenvalue weighted by Gasteiger charge is -2.34. The van der Waals surface area contributed by atoms with Gasteiger partial charge in [0.05, 0.1) is 0 Å². The van der Waals surface area contributed by atoms with E-state index in [1.54, 1.807) is 29.2 Å². The lowest BCUT2D eigenvalue weighted by Crippen LogP contribution is -2.55. The van der Waals surface area contributed by atoms with Crippen LogP contribution in [0.2, 0.25) is 0 Å². The molecule has 8 heteroatoms. The summed E-state index contributed by atoms with van der Waals surface area (Å²) in [6.45, 7) is 5.94. The first-order valence-electron chi connectivity index (χ1n) is 8.86. The standard InChI is InChI=1S/C18H27N3O4S/c1-4-21(5-2)16(22)14-7-6-8-15(13-14)20-17(23)18(26(3,24)25)9-11-19-12-10-18/h6-8,13,19H,4-5,9-12H2,1-3H3,(H,20,23). The summed E-state index contributed by atoms with van der Waals surface area (Å²) in [5.74, 6) is -0.653. The molecular formula is C18H27N3O4S. The summed E-state index contributed by atoms with van der Waals surface area (Å²) in [6.07, 6.45) is 1.57. The number of amides is 2. The Hall–Kier alpha value is -1.93. The van der Waals surface area contributed by atoms with Crippen molar-refractivity contribution in [2.75, 3.05) is 37.8 Å². The number of piperidine rings is 1. The summed E-state index contributed by atoms with van der Waals surface area (Å²) < 4.78 is 23.2. The van der Waals surface area contributed by atoms with Gasteiger partial charge < -0.3 is 15.5 Å². The van der Waals surface area contributed by atoms with E-state index in [1.807, 2.05) is 13.8 Å². The van der Waals surface area contributed by atoms with Gasteiger partial charge in [-0.15, -0.1) is 0 Å². The van der Waals surface area contributed by atoms with Crippen LogP contribution >= 0.6 is 0 Å². The maximum atomic E-state index is 12.9. The van der Waals surface area contributed by atoms with Crippen molar-refractivity contribution < 1.29 is 18.0 Å². The maximum absolute atomic E-state index is 12.9. The second kappa shape index (κ2) is 8.18. The molecule has 0 unspecified atom stereocenters. The smallest absolute Gasteiger partial charge is 0.253 e. The van der Waals surface area contributed by atoms with Gasteiger partial charge in [-0.2, -0.15) is 0 Å². The molecule has 7 nitrogen and oxygen atoms in total. The average molecular weight is 381 g/mol. The predicted molar refractivity (Wildman–Crippen MR) is 102 cm³/mol. The fourth-order valence-electron chi connectivity index (χ4n) is 3.27. The number of hydrogen-bond donors (Lipinski definition) is 2. The lowest BCUT2D eigenvalue weighted by atomic mass is 9.95. The van der Waals surface area contributed by atoms with Crippen LogP contribution in [0.4, 0.5) is 5.69 Å². The van der Waals surface area contributed by atoms with Gasteiger partial charge in [-0.25, -0.2) is 8.42 Å². The summed E-state index contributed by atoms with van der Waals surface area (Å²) in [5, 5.41) is 5.80. The Balaban J connectivity index is 2.26. The van der Waals surface area contributed by atoms with Crippen LogP contribution in [-0.2, 0) is 14.6 Å². The normalized spacial score (nSPS) is 16.7. The molecule has 1 fully saturated rings. The van der Waals surface area contributed by atoms with Gasteiger partial charge in [0.1, 0.15) is 0 Å². The van der Waals surface area contributed by atoms with E-state index in [9.17, 15) is 18.0 Å². The molecule has 1 aromatic rings. The van der Waals surface area contributed by atoms with Gasteiger partial charge in [-0.05, 0) is 58.0 Å². The van der Waals surface area contributed by atoms with Crippen molar-refractivity contribution in [3.8, 4) is 0 Å². The molecule has 2 N–H and O–H groups in total. The van der Waals surface area contributed by atoms with Crippen molar-refractivity contribution in [1.29, 1.82) is 0 Å². The molecule has 144 valence electrons. The first-order chi connectivity index (χ1) is 12.2. The Morgan fingerprint density at radius 3 is 2.35 bits per heavy atom. The minimum absolute atomic E-state index is 0.120. The van der Waals surface area contributed by atoms with Crippen LogP contribution in [0.25, 0.3) is 0 Å². The lowest BCUT2D eigenvalue weighted by molar-refractivity contribution is -0.119. The van der Waals surface area contributed by atoms with Gasteiger partial charge in [-0.3, -0.25) is 9.59 Å². The van der Waals surface area contributed by atoms with E-state index in [0.29, 0.717) is 37.4 Å². The summed E-state index contributed by atoms with van der Waals surface area (Å²) in [4.78, 5) is 27.0. The van der Waals surface area contributed by atoms with Crippen LogP contribution in [0.15, 0.2) is 24.3 Å². The number of carbonyl (C=O) groups is 2. The highest BCUT2D eigenvalue weighted by Crippen LogP contribution is 2.29. The molecule has 26 heavy (non-hydrogen) atoms. The van der Waals surface area contributed by atoms with Gasteiger partial charge in [-0.1, -0.05) is 6.07 Å². The molecule has 1 aliphatic heterocycles. The summed E-state index contributed by atoms with van der Waals surface area (Å²) in [6, 6.07) is 6.62. The van der Waals surface area contributed by atoms with Gasteiger partial charge >= 0.3 is 0 Å². The molecule has 0 aromatic heterocycles. The van der Waals surface area contributed by atoms with Crippen LogP contribution in [0.5, 0.6) is 0 Å². The third-order valence-corrected chi connectivity index (χ3v) is 6.97. The zero-order valence-electron chi connectivity index (χ0n) is 15.5. The first-order valence-corrected chi connectivity index (χ1v) is 10.8. The zero-order valence-corrected chi connectivity index (χ0v) is 16.4. The Kier molecular flexibility index (Phi) is 6.41. The second-order valence-electron chi connectivity index (χ2n) is 6.53. The van der Waals surface area contributed by atoms with Crippen molar-refractivity contribution in [3.63, 3.8) is 0 Å². The number of rotatable bonds is 6. The van der Waals surface area contributed by atoms with Crippen molar-refractivity contribution in [1.82, 2.24) is 10.2 Å². The number of hydrogen-bond acceptors (Lipinski definition) is 5. The minimum Gasteiger partial charge on any atom is -0.339 e. The summed E-state index contributed by atoms with van der Waals surface area (Å²) >= 11 is 0. The molecule has 1 saturated heterocycles. The first kappa shape index (κ1) is 20.4. The number of nitrogens with one attached hydrogen (secondary N) is 2. The van der Waals surface area contributed by atoms with Crippen LogP contribution in [0.1, 0.15) is 37.0 Å². The topological polar surface area (TPSA) is 95.6 Å². The number of anilines is 1. The molecule has 0 bridgehead atoms. The third-order valence-electron chi connectivity index (χ3n) is 4.95. The molecule has 2 rings (SSSR count). The average Bonchev–Trinajstić information content (AvgIpc) is 2.62. The van der Waals surface area contributed by atoms with E-state index in [-0.39, 0.29) is 18.7 Å². The van der Waals surface area contributed by atoms with Crippen LogP contribution < -0.4 is 10.6 Å². The maximum Gasteiger partial charge on any atom is 0.253 e. The molecular weight excluding hydrogens is 354 g/mol. The molecule has 1 heterocycles. The van der Waals surface area contributed by atoms with Crippen molar-refractivity contribution >= 4 is 27.3 Å². The largest absolute Gasteiger partial charge is 0.339 e. The van der Waals surface area contributed by atoms with Crippen molar-refractivity contribution in [3.05, 3.63) is 29.8 Å². The monoisotopic (exact) mass is 381 g/mol. The fraction of sp³-hybridized carbons (Fsp3) is 0.556. The van der Waals surface area contributed by atoms with Gasteiger partial charge in [0.25, 0.3) is 5.91 Å². The quantitative estimate of drug-likeness (QED) is 0.774. The highest BCUT2D eigenvalue weighted by molar-refractivity contribution is 7.92. The Morgan fingerprint density at radius 2 is 1.81 bits per heavy atom. The molecule has 2 amide bonds. The SMILES string of the molecule is CCN(CC)C(=O)c1cccc(NC(=O)C2(S(C)(=O)=O)CCNCC2)c1. The number of benzene rings is 1. The van der Waals surface area contributed by atoms with E-state index in [0.717, 1.165) is 6.26 Å². The fourth-order valence-corrected chi connectivity index (χ4v) is 4.60. The van der Waals surface area contributed by atoms with E-state index in [1.165, 1.54) is 0 Å². The van der Waals surface area contributed by atoms with Crippen LogP contribution in [-0.4, -0.2) is 62.3 Å². The number of nitrogens with zero attached hydrogens (tertiary/aromatic N) is 1. The van der Waals surface area contributed by atoms with E-state index in [4.69, 9.17) is 0 Å². The molecule has 1 aliphatic rings. The highest BCUT2D eigenvalue weighted by Gasteiger charge is 2.48. The summed E-state index contributed by atoms with van der Waals surface area (Å²) in [5.41, 5.74) is 0.889. The molecule has 0 spiro atoms. The molecule has 0 aliphatic carbocycles. The molecule has 0 radical (unpaired) electrons. The Morgan fingerprint density at radius 1 is 1.19 bits per heavy atom. The van der Waals surface area contributed by atoms with E-state index >= 15 is 0 Å². The van der Waals surface area contributed by atoms with Gasteiger partial charge in [0.15, 0.2) is 14.6 Å².